The molecule has 1 aromatic heterocycles. The molecule has 96 valence electrons. The molecule has 1 heterocycles. The molecule has 0 radical (unpaired) electrons. The zero-order chi connectivity index (χ0) is 13.3. The highest BCUT2D eigenvalue weighted by Crippen LogP contribution is 2.36. The highest BCUT2D eigenvalue weighted by atomic mass is 32.1. The van der Waals surface area contributed by atoms with E-state index in [1.54, 1.807) is 6.07 Å². The lowest BCUT2D eigenvalue weighted by Crippen LogP contribution is -1.98. The summed E-state index contributed by atoms with van der Waals surface area (Å²) in [7, 11) is 0. The quantitative estimate of drug-likeness (QED) is 0.677. The number of fused-ring (bicyclic) bond motifs is 1. The Hall–Kier alpha value is -1.69. The van der Waals surface area contributed by atoms with Crippen LogP contribution in [0.3, 0.4) is 0 Å². The van der Waals surface area contributed by atoms with Crippen LogP contribution >= 0.6 is 11.3 Å². The largest absolute Gasteiger partial charge is 0.361 e. The number of nitrogens with zero attached hydrogens (tertiary/aromatic N) is 2. The molecule has 0 saturated heterocycles. The number of aromatic nitrogens is 1. The lowest BCUT2D eigenvalue weighted by molar-refractivity contribution is -0.383. The van der Waals surface area contributed by atoms with E-state index in [2.05, 4.69) is 17.2 Å². The number of nitro benzene ring substituents is 1. The van der Waals surface area contributed by atoms with Gasteiger partial charge in [-0.1, -0.05) is 18.3 Å². The SMILES string of the molecule is CCCNc1nc2c([N+](=O)[O-])cc(C)c(C)c2s1. The number of hydrogen-bond acceptors (Lipinski definition) is 5. The molecule has 0 spiro atoms. The summed E-state index contributed by atoms with van der Waals surface area (Å²) in [5.74, 6) is 0. The van der Waals surface area contributed by atoms with Crippen molar-refractivity contribution in [2.75, 3.05) is 11.9 Å². The van der Waals surface area contributed by atoms with Gasteiger partial charge in [-0.15, -0.1) is 0 Å². The fourth-order valence-corrected chi connectivity index (χ4v) is 2.82. The number of rotatable bonds is 4. The molecule has 1 aromatic carbocycles. The second-order valence-electron chi connectivity index (χ2n) is 4.22. The van der Waals surface area contributed by atoms with E-state index in [-0.39, 0.29) is 10.6 Å². The van der Waals surface area contributed by atoms with Crippen LogP contribution in [0, 0.1) is 24.0 Å². The van der Waals surface area contributed by atoms with Crippen molar-refractivity contribution < 1.29 is 4.92 Å². The molecule has 0 unspecified atom stereocenters. The van der Waals surface area contributed by atoms with E-state index >= 15 is 0 Å². The van der Waals surface area contributed by atoms with Crippen LogP contribution in [0.2, 0.25) is 0 Å². The summed E-state index contributed by atoms with van der Waals surface area (Å²) in [4.78, 5) is 15.0. The predicted molar refractivity (Wildman–Crippen MR) is 74.5 cm³/mol. The average Bonchev–Trinajstić information content (AvgIpc) is 2.75. The van der Waals surface area contributed by atoms with E-state index in [1.807, 2.05) is 13.8 Å². The molecule has 0 aliphatic heterocycles. The van der Waals surface area contributed by atoms with Crippen molar-refractivity contribution in [1.82, 2.24) is 4.98 Å². The second kappa shape index (κ2) is 4.89. The van der Waals surface area contributed by atoms with Gasteiger partial charge in [-0.3, -0.25) is 10.1 Å². The molecule has 2 aromatic rings. The maximum Gasteiger partial charge on any atom is 0.296 e. The Balaban J connectivity index is 2.61. The Labute approximate surface area is 109 Å². The van der Waals surface area contributed by atoms with Crippen LogP contribution in [0.1, 0.15) is 24.5 Å². The van der Waals surface area contributed by atoms with Gasteiger partial charge in [0, 0.05) is 12.6 Å². The van der Waals surface area contributed by atoms with Crippen molar-refractivity contribution in [1.29, 1.82) is 0 Å². The van der Waals surface area contributed by atoms with Crippen molar-refractivity contribution in [2.24, 2.45) is 0 Å². The van der Waals surface area contributed by atoms with Crippen molar-refractivity contribution in [3.05, 3.63) is 27.3 Å². The monoisotopic (exact) mass is 265 g/mol. The lowest BCUT2D eigenvalue weighted by Gasteiger charge is -2.00. The Kier molecular flexibility index (Phi) is 3.47. The van der Waals surface area contributed by atoms with E-state index in [0.717, 1.165) is 33.9 Å². The summed E-state index contributed by atoms with van der Waals surface area (Å²) in [6.07, 6.45) is 0.996. The minimum absolute atomic E-state index is 0.0916. The molecule has 0 aliphatic carbocycles. The van der Waals surface area contributed by atoms with Crippen LogP contribution in [0.5, 0.6) is 0 Å². The number of nitrogens with one attached hydrogen (secondary N) is 1. The van der Waals surface area contributed by atoms with Crippen molar-refractivity contribution in [2.45, 2.75) is 27.2 Å². The molecule has 0 saturated carbocycles. The second-order valence-corrected chi connectivity index (χ2v) is 5.22. The summed E-state index contributed by atoms with van der Waals surface area (Å²) in [6, 6.07) is 1.60. The van der Waals surface area contributed by atoms with Gasteiger partial charge in [0.15, 0.2) is 10.6 Å². The highest BCUT2D eigenvalue weighted by molar-refractivity contribution is 7.22. The molecule has 5 nitrogen and oxygen atoms in total. The van der Waals surface area contributed by atoms with Crippen LogP contribution in [0.15, 0.2) is 6.07 Å². The van der Waals surface area contributed by atoms with Crippen LogP contribution in [0.25, 0.3) is 10.2 Å². The third kappa shape index (κ3) is 2.15. The van der Waals surface area contributed by atoms with Gasteiger partial charge in [0.05, 0.1) is 9.62 Å². The number of nitro groups is 1. The van der Waals surface area contributed by atoms with Gasteiger partial charge < -0.3 is 5.32 Å². The number of thiazole rings is 1. The van der Waals surface area contributed by atoms with Crippen LogP contribution < -0.4 is 5.32 Å². The Morgan fingerprint density at radius 1 is 1.50 bits per heavy atom. The van der Waals surface area contributed by atoms with Gasteiger partial charge in [0.25, 0.3) is 5.69 Å². The van der Waals surface area contributed by atoms with Gasteiger partial charge in [-0.2, -0.15) is 0 Å². The number of benzene rings is 1. The molecule has 0 fully saturated rings. The van der Waals surface area contributed by atoms with E-state index in [9.17, 15) is 10.1 Å². The zero-order valence-corrected chi connectivity index (χ0v) is 11.4. The first-order valence-electron chi connectivity index (χ1n) is 5.83. The molecule has 0 atom stereocenters. The van der Waals surface area contributed by atoms with Crippen LogP contribution in [0.4, 0.5) is 10.8 Å². The molecule has 18 heavy (non-hydrogen) atoms. The standard InChI is InChI=1S/C12H15N3O2S/c1-4-5-13-12-14-10-9(15(16)17)6-7(2)8(3)11(10)18-12/h6H,4-5H2,1-3H3,(H,13,14). The van der Waals surface area contributed by atoms with E-state index < -0.39 is 0 Å². The summed E-state index contributed by atoms with van der Waals surface area (Å²) in [5.41, 5.74) is 2.58. The highest BCUT2D eigenvalue weighted by Gasteiger charge is 2.19. The zero-order valence-electron chi connectivity index (χ0n) is 10.6. The van der Waals surface area contributed by atoms with Gasteiger partial charge in [-0.05, 0) is 31.4 Å². The number of hydrogen-bond donors (Lipinski definition) is 1. The first kappa shape index (κ1) is 12.8. The van der Waals surface area contributed by atoms with Gasteiger partial charge in [0.1, 0.15) is 0 Å². The summed E-state index contributed by atoms with van der Waals surface area (Å²) in [6.45, 7) is 6.76. The third-order valence-corrected chi connectivity index (χ3v) is 4.01. The Morgan fingerprint density at radius 3 is 2.83 bits per heavy atom. The number of anilines is 1. The van der Waals surface area contributed by atoms with Crippen molar-refractivity contribution in [3.8, 4) is 0 Å². The fraction of sp³-hybridized carbons (Fsp3) is 0.417. The molecular weight excluding hydrogens is 250 g/mol. The minimum Gasteiger partial charge on any atom is -0.361 e. The molecule has 0 aliphatic rings. The molecule has 1 N–H and O–H groups in total. The topological polar surface area (TPSA) is 68.1 Å². The molecular formula is C12H15N3O2S. The van der Waals surface area contributed by atoms with Gasteiger partial charge >= 0.3 is 0 Å². The van der Waals surface area contributed by atoms with E-state index in [1.165, 1.54) is 11.3 Å². The summed E-state index contributed by atoms with van der Waals surface area (Å²) in [5, 5.41) is 15.0. The van der Waals surface area contributed by atoms with Crippen LogP contribution in [-0.4, -0.2) is 16.5 Å². The first-order valence-corrected chi connectivity index (χ1v) is 6.65. The Bertz CT molecular complexity index is 607. The number of non-ortho nitro benzene ring substituents is 1. The summed E-state index contributed by atoms with van der Waals surface area (Å²) >= 11 is 1.48. The maximum atomic E-state index is 11.1. The predicted octanol–water partition coefficient (Wildman–Crippen LogP) is 3.64. The summed E-state index contributed by atoms with van der Waals surface area (Å²) < 4.78 is 0.903. The lowest BCUT2D eigenvalue weighted by atomic mass is 10.1. The molecule has 0 amide bonds. The minimum atomic E-state index is -0.363. The average molecular weight is 265 g/mol. The van der Waals surface area contributed by atoms with Crippen molar-refractivity contribution >= 4 is 32.4 Å². The van der Waals surface area contributed by atoms with Crippen molar-refractivity contribution in [3.63, 3.8) is 0 Å². The smallest absolute Gasteiger partial charge is 0.296 e. The normalized spacial score (nSPS) is 10.8. The van der Waals surface area contributed by atoms with Crippen LogP contribution in [-0.2, 0) is 0 Å². The molecule has 6 heteroatoms. The first-order chi connectivity index (χ1) is 8.54. The van der Waals surface area contributed by atoms with Gasteiger partial charge in [-0.25, -0.2) is 4.98 Å². The molecule has 2 rings (SSSR count). The fourth-order valence-electron chi connectivity index (χ4n) is 1.76. The Morgan fingerprint density at radius 2 is 2.22 bits per heavy atom. The number of aryl methyl sites for hydroxylation is 2. The van der Waals surface area contributed by atoms with E-state index in [4.69, 9.17) is 0 Å². The van der Waals surface area contributed by atoms with Gasteiger partial charge in [0.2, 0.25) is 0 Å². The van der Waals surface area contributed by atoms with E-state index in [0.29, 0.717) is 5.52 Å². The molecule has 0 bridgehead atoms. The maximum absolute atomic E-state index is 11.1. The third-order valence-electron chi connectivity index (χ3n) is 2.88.